The minimum absolute atomic E-state index is 0.141. The number of carbonyl (C=O) groups is 1. The third-order valence-corrected chi connectivity index (χ3v) is 5.28. The lowest BCUT2D eigenvalue weighted by atomic mass is 10.0. The van der Waals surface area contributed by atoms with Crippen molar-refractivity contribution in [2.75, 3.05) is 5.32 Å². The third-order valence-electron chi connectivity index (χ3n) is 5.28. The summed E-state index contributed by atoms with van der Waals surface area (Å²) in [7, 11) is 0. The first kappa shape index (κ1) is 25.2. The van der Waals surface area contributed by atoms with E-state index in [1.807, 2.05) is 0 Å². The standard InChI is InChI=1S/C23H21F5N6O2/c1-22(2,36)6-7-33-11-13-8-18(31-20(35)16-4-3-5-19(30-16)23(26,27)28)15(9-17(13)32-33)14-10-29-34(12-14)21(24)25/h3-5,8-12,21,36H,6-7H2,1-2H3,(H,31,35). The van der Waals surface area contributed by atoms with Gasteiger partial charge in [0.05, 0.1) is 17.3 Å². The Labute approximate surface area is 201 Å². The number of carbonyl (C=O) groups excluding carboxylic acids is 1. The SMILES string of the molecule is CC(C)(O)CCn1cc2cc(NC(=O)c3cccc(C(F)(F)F)n3)c(-c3cnn(C(F)F)c3)cc2n1. The largest absolute Gasteiger partial charge is 0.433 e. The van der Waals surface area contributed by atoms with Gasteiger partial charge in [-0.15, -0.1) is 0 Å². The first-order valence-electron chi connectivity index (χ1n) is 10.7. The topological polar surface area (TPSA) is 97.9 Å². The zero-order valence-corrected chi connectivity index (χ0v) is 19.1. The molecular weight excluding hydrogens is 487 g/mol. The average molecular weight is 508 g/mol. The summed E-state index contributed by atoms with van der Waals surface area (Å²) in [4.78, 5) is 16.2. The fourth-order valence-electron chi connectivity index (χ4n) is 3.46. The van der Waals surface area contributed by atoms with E-state index < -0.39 is 35.6 Å². The van der Waals surface area contributed by atoms with E-state index >= 15 is 0 Å². The average Bonchev–Trinajstić information content (AvgIpc) is 3.43. The normalized spacial score (nSPS) is 12.5. The molecule has 13 heteroatoms. The summed E-state index contributed by atoms with van der Waals surface area (Å²) in [6.07, 6.45) is -0.403. The number of aryl methyl sites for hydroxylation is 1. The molecule has 0 saturated carbocycles. The Bertz CT molecular complexity index is 1400. The first-order chi connectivity index (χ1) is 16.8. The summed E-state index contributed by atoms with van der Waals surface area (Å²) in [6.45, 7) is 0.803. The Morgan fingerprint density at radius 1 is 1.17 bits per heavy atom. The number of hydrogen-bond acceptors (Lipinski definition) is 5. The number of halogens is 5. The molecule has 0 unspecified atom stereocenters. The van der Waals surface area contributed by atoms with E-state index in [1.54, 1.807) is 30.8 Å². The Kier molecular flexibility index (Phi) is 6.52. The van der Waals surface area contributed by atoms with Gasteiger partial charge in [0.1, 0.15) is 11.4 Å². The lowest BCUT2D eigenvalue weighted by molar-refractivity contribution is -0.141. The number of aliphatic hydroxyl groups is 1. The van der Waals surface area contributed by atoms with Crippen molar-refractivity contribution in [2.45, 2.75) is 45.1 Å². The number of alkyl halides is 5. The smallest absolute Gasteiger partial charge is 0.390 e. The molecule has 36 heavy (non-hydrogen) atoms. The van der Waals surface area contributed by atoms with Crippen LogP contribution in [0.15, 0.2) is 48.9 Å². The van der Waals surface area contributed by atoms with Gasteiger partial charge >= 0.3 is 12.7 Å². The predicted octanol–water partition coefficient (Wildman–Crippen LogP) is 5.12. The molecule has 190 valence electrons. The maximum atomic E-state index is 13.1. The van der Waals surface area contributed by atoms with E-state index in [4.69, 9.17) is 0 Å². The summed E-state index contributed by atoms with van der Waals surface area (Å²) in [5.74, 6) is -0.919. The lowest BCUT2D eigenvalue weighted by Gasteiger charge is -2.16. The highest BCUT2D eigenvalue weighted by atomic mass is 19.4. The zero-order valence-electron chi connectivity index (χ0n) is 19.1. The summed E-state index contributed by atoms with van der Waals surface area (Å²) in [6, 6.07) is 6.02. The molecule has 4 aromatic rings. The number of fused-ring (bicyclic) bond motifs is 1. The van der Waals surface area contributed by atoms with Crippen LogP contribution in [0.25, 0.3) is 22.0 Å². The molecule has 0 fully saturated rings. The minimum Gasteiger partial charge on any atom is -0.390 e. The monoisotopic (exact) mass is 508 g/mol. The molecule has 8 nitrogen and oxygen atoms in total. The van der Waals surface area contributed by atoms with Crippen molar-refractivity contribution in [1.82, 2.24) is 24.5 Å². The number of pyridine rings is 1. The Morgan fingerprint density at radius 3 is 2.56 bits per heavy atom. The molecule has 0 radical (unpaired) electrons. The first-order valence-corrected chi connectivity index (χ1v) is 10.7. The molecule has 3 heterocycles. The van der Waals surface area contributed by atoms with E-state index in [9.17, 15) is 31.9 Å². The van der Waals surface area contributed by atoms with Gasteiger partial charge in [0.15, 0.2) is 0 Å². The number of hydrogen-bond donors (Lipinski definition) is 2. The van der Waals surface area contributed by atoms with Crippen LogP contribution >= 0.6 is 0 Å². The van der Waals surface area contributed by atoms with Crippen molar-refractivity contribution >= 4 is 22.5 Å². The summed E-state index contributed by atoms with van der Waals surface area (Å²) >= 11 is 0. The van der Waals surface area contributed by atoms with Gasteiger partial charge in [-0.1, -0.05) is 6.07 Å². The minimum atomic E-state index is -4.73. The molecule has 0 aliphatic rings. The van der Waals surface area contributed by atoms with E-state index in [0.717, 1.165) is 24.4 Å². The maximum Gasteiger partial charge on any atom is 0.433 e. The number of aromatic nitrogens is 5. The van der Waals surface area contributed by atoms with Gasteiger partial charge in [-0.3, -0.25) is 9.48 Å². The van der Waals surface area contributed by atoms with Crippen LogP contribution in [0.2, 0.25) is 0 Å². The molecular formula is C23H21F5N6O2. The van der Waals surface area contributed by atoms with Crippen LogP contribution in [0, 0.1) is 0 Å². The molecule has 0 aliphatic heterocycles. The van der Waals surface area contributed by atoms with Gasteiger partial charge in [0, 0.05) is 41.1 Å². The Balaban J connectivity index is 1.74. The van der Waals surface area contributed by atoms with Crippen molar-refractivity contribution in [3.63, 3.8) is 0 Å². The Hall–Kier alpha value is -3.87. The van der Waals surface area contributed by atoms with Crippen LogP contribution < -0.4 is 5.32 Å². The summed E-state index contributed by atoms with van der Waals surface area (Å²) < 4.78 is 67.3. The summed E-state index contributed by atoms with van der Waals surface area (Å²) in [5, 5.41) is 21.1. The zero-order chi connectivity index (χ0) is 26.3. The number of nitrogens with zero attached hydrogens (tertiary/aromatic N) is 5. The van der Waals surface area contributed by atoms with E-state index in [0.29, 0.717) is 28.6 Å². The van der Waals surface area contributed by atoms with E-state index in [2.05, 4.69) is 20.5 Å². The van der Waals surface area contributed by atoms with Gasteiger partial charge in [-0.25, -0.2) is 9.67 Å². The van der Waals surface area contributed by atoms with Gasteiger partial charge in [0.2, 0.25) is 0 Å². The molecule has 0 spiro atoms. The van der Waals surface area contributed by atoms with Gasteiger partial charge in [-0.2, -0.15) is 32.1 Å². The fraction of sp³-hybridized carbons (Fsp3) is 0.304. The number of anilines is 1. The van der Waals surface area contributed by atoms with Gasteiger partial charge < -0.3 is 10.4 Å². The fourth-order valence-corrected chi connectivity index (χ4v) is 3.46. The van der Waals surface area contributed by atoms with Crippen molar-refractivity contribution in [1.29, 1.82) is 0 Å². The molecule has 0 bridgehead atoms. The third kappa shape index (κ3) is 5.67. The maximum absolute atomic E-state index is 13.1. The highest BCUT2D eigenvalue weighted by Gasteiger charge is 2.33. The highest BCUT2D eigenvalue weighted by Crippen LogP contribution is 2.33. The van der Waals surface area contributed by atoms with Crippen LogP contribution in [0.1, 0.15) is 43.0 Å². The molecule has 1 aromatic carbocycles. The van der Waals surface area contributed by atoms with Gasteiger partial charge in [-0.05, 0) is 44.5 Å². The Morgan fingerprint density at radius 2 is 1.92 bits per heavy atom. The van der Waals surface area contributed by atoms with Crippen molar-refractivity contribution in [3.8, 4) is 11.1 Å². The molecule has 2 N–H and O–H groups in total. The highest BCUT2D eigenvalue weighted by molar-refractivity contribution is 6.07. The molecule has 0 saturated heterocycles. The molecule has 3 aromatic heterocycles. The molecule has 0 aliphatic carbocycles. The van der Waals surface area contributed by atoms with Crippen molar-refractivity contribution in [2.24, 2.45) is 0 Å². The van der Waals surface area contributed by atoms with Crippen LogP contribution in [0.5, 0.6) is 0 Å². The second kappa shape index (κ2) is 9.30. The lowest BCUT2D eigenvalue weighted by Crippen LogP contribution is -2.21. The predicted molar refractivity (Wildman–Crippen MR) is 120 cm³/mol. The second-order valence-corrected chi connectivity index (χ2v) is 8.76. The second-order valence-electron chi connectivity index (χ2n) is 8.76. The van der Waals surface area contributed by atoms with E-state index in [-0.39, 0.29) is 16.8 Å². The van der Waals surface area contributed by atoms with E-state index in [1.165, 1.54) is 12.3 Å². The molecule has 4 rings (SSSR count). The van der Waals surface area contributed by atoms with Crippen LogP contribution in [0.3, 0.4) is 0 Å². The van der Waals surface area contributed by atoms with Crippen LogP contribution in [-0.4, -0.2) is 41.2 Å². The quantitative estimate of drug-likeness (QED) is 0.338. The van der Waals surface area contributed by atoms with Crippen molar-refractivity contribution < 1.29 is 31.9 Å². The van der Waals surface area contributed by atoms with Crippen LogP contribution in [-0.2, 0) is 12.7 Å². The molecule has 0 atom stereocenters. The molecule has 1 amide bonds. The van der Waals surface area contributed by atoms with Crippen molar-refractivity contribution in [3.05, 3.63) is 60.3 Å². The number of amides is 1. The van der Waals surface area contributed by atoms with Gasteiger partial charge in [0.25, 0.3) is 5.91 Å². The number of rotatable bonds is 7. The number of benzene rings is 1. The summed E-state index contributed by atoms with van der Waals surface area (Å²) in [5.41, 5.74) is -1.50. The van der Waals surface area contributed by atoms with Crippen LogP contribution in [0.4, 0.5) is 27.6 Å². The number of nitrogens with one attached hydrogen (secondary N) is 1.